The summed E-state index contributed by atoms with van der Waals surface area (Å²) in [4.78, 5) is 13.4. The lowest BCUT2D eigenvalue weighted by Gasteiger charge is -2.17. The maximum atomic E-state index is 11.3. The first-order valence-corrected chi connectivity index (χ1v) is 5.59. The Labute approximate surface area is 107 Å². The number of aromatic nitrogens is 1. The second-order valence-corrected chi connectivity index (χ2v) is 4.34. The number of aliphatic hydroxyl groups excluding tert-OH is 3. The van der Waals surface area contributed by atoms with Gasteiger partial charge in [-0.2, -0.15) is 5.26 Å². The molecule has 4 unspecified atom stereocenters. The maximum Gasteiger partial charge on any atom is 0.268 e. The molecular formula is C11H13N3O5. The molecule has 6 N–H and O–H groups in total. The Morgan fingerprint density at radius 2 is 2.05 bits per heavy atom. The van der Waals surface area contributed by atoms with Crippen LogP contribution in [-0.4, -0.2) is 50.3 Å². The summed E-state index contributed by atoms with van der Waals surface area (Å²) in [5, 5.41) is 49.7. The van der Waals surface area contributed by atoms with Gasteiger partial charge in [0.2, 0.25) is 0 Å². The molecule has 1 aromatic rings. The molecule has 1 aliphatic heterocycles. The molecule has 1 fully saturated rings. The van der Waals surface area contributed by atoms with Gasteiger partial charge in [0.15, 0.2) is 5.88 Å². The van der Waals surface area contributed by atoms with Crippen molar-refractivity contribution in [3.8, 4) is 11.9 Å². The monoisotopic (exact) mass is 267 g/mol. The van der Waals surface area contributed by atoms with Crippen molar-refractivity contribution in [3.63, 3.8) is 0 Å². The highest BCUT2D eigenvalue weighted by atomic mass is 16.3. The molecule has 0 aromatic carbocycles. The smallest absolute Gasteiger partial charge is 0.268 e. The predicted molar refractivity (Wildman–Crippen MR) is 62.2 cm³/mol. The molecule has 0 amide bonds. The van der Waals surface area contributed by atoms with E-state index in [1.807, 2.05) is 0 Å². The topological polar surface area (TPSA) is 150 Å². The van der Waals surface area contributed by atoms with Crippen molar-refractivity contribution in [2.75, 3.05) is 6.61 Å². The summed E-state index contributed by atoms with van der Waals surface area (Å²) in [6.45, 7) is -0.399. The third kappa shape index (κ3) is 2.20. The number of nitriles is 1. The van der Waals surface area contributed by atoms with Crippen LogP contribution in [0.3, 0.4) is 0 Å². The number of aromatic amines is 1. The fourth-order valence-corrected chi connectivity index (χ4v) is 2.15. The van der Waals surface area contributed by atoms with E-state index in [1.54, 1.807) is 6.07 Å². The maximum absolute atomic E-state index is 11.3. The first-order valence-electron chi connectivity index (χ1n) is 5.59. The van der Waals surface area contributed by atoms with Crippen molar-refractivity contribution in [2.45, 2.75) is 24.3 Å². The Morgan fingerprint density at radius 3 is 2.58 bits per heavy atom. The number of rotatable bonds is 2. The summed E-state index contributed by atoms with van der Waals surface area (Å²) in [6.07, 6.45) is -2.49. The van der Waals surface area contributed by atoms with Crippen LogP contribution in [0.25, 0.3) is 0 Å². The Balaban J connectivity index is 2.43. The van der Waals surface area contributed by atoms with Gasteiger partial charge in [-0.05, 0) is 6.07 Å². The molecule has 2 heterocycles. The molecule has 1 aromatic heterocycles. The number of hydrogen-bond donors (Lipinski definition) is 6. The van der Waals surface area contributed by atoms with E-state index in [0.717, 1.165) is 6.07 Å². The Morgan fingerprint density at radius 1 is 1.37 bits per heavy atom. The minimum Gasteiger partial charge on any atom is -0.494 e. The van der Waals surface area contributed by atoms with Crippen molar-refractivity contribution in [3.05, 3.63) is 27.5 Å². The summed E-state index contributed by atoms with van der Waals surface area (Å²) in [5.41, 5.74) is -0.877. The molecule has 0 saturated carbocycles. The standard InChI is InChI=1S/C11H13N3O5/c12-2-4-1-5(11(19)14-10(4)18)7-9(17)8(16)6(3-15)13-7/h1,6-9,13,15-17H,3H2,(H2,14,18,19). The van der Waals surface area contributed by atoms with Gasteiger partial charge in [-0.1, -0.05) is 0 Å². The Bertz CT molecular complexity index is 579. The molecule has 4 atom stereocenters. The fourth-order valence-electron chi connectivity index (χ4n) is 2.15. The van der Waals surface area contributed by atoms with Gasteiger partial charge in [0, 0.05) is 5.56 Å². The lowest BCUT2D eigenvalue weighted by atomic mass is 10.0. The second-order valence-electron chi connectivity index (χ2n) is 4.34. The van der Waals surface area contributed by atoms with Gasteiger partial charge in [-0.15, -0.1) is 0 Å². The van der Waals surface area contributed by atoms with Crippen LogP contribution in [0.1, 0.15) is 17.2 Å². The van der Waals surface area contributed by atoms with Crippen LogP contribution in [0, 0.1) is 11.3 Å². The number of aromatic hydroxyl groups is 1. The number of H-pyrrole nitrogens is 1. The third-order valence-electron chi connectivity index (χ3n) is 3.20. The van der Waals surface area contributed by atoms with Crippen LogP contribution in [0.4, 0.5) is 0 Å². The summed E-state index contributed by atoms with van der Waals surface area (Å²) in [7, 11) is 0. The van der Waals surface area contributed by atoms with E-state index in [2.05, 4.69) is 10.3 Å². The molecule has 0 bridgehead atoms. The first-order chi connectivity index (χ1) is 8.99. The lowest BCUT2D eigenvalue weighted by Crippen LogP contribution is -2.35. The number of nitrogens with zero attached hydrogens (tertiary/aromatic N) is 1. The summed E-state index contributed by atoms with van der Waals surface area (Å²) in [5.74, 6) is -0.494. The van der Waals surface area contributed by atoms with Crippen LogP contribution < -0.4 is 10.9 Å². The van der Waals surface area contributed by atoms with Gasteiger partial charge in [-0.25, -0.2) is 0 Å². The summed E-state index contributed by atoms with van der Waals surface area (Å²) >= 11 is 0. The van der Waals surface area contributed by atoms with Crippen LogP contribution in [0.5, 0.6) is 5.88 Å². The quantitative estimate of drug-likeness (QED) is 0.352. The van der Waals surface area contributed by atoms with Crippen molar-refractivity contribution in [2.24, 2.45) is 0 Å². The number of nitrogens with one attached hydrogen (secondary N) is 2. The molecule has 2 rings (SSSR count). The largest absolute Gasteiger partial charge is 0.494 e. The summed E-state index contributed by atoms with van der Waals surface area (Å²) < 4.78 is 0. The van der Waals surface area contributed by atoms with E-state index in [0.29, 0.717) is 0 Å². The highest BCUT2D eigenvalue weighted by Gasteiger charge is 2.42. The lowest BCUT2D eigenvalue weighted by molar-refractivity contribution is 0.0192. The fraction of sp³-hybridized carbons (Fsp3) is 0.455. The Hall–Kier alpha value is -1.92. The molecule has 102 valence electrons. The second kappa shape index (κ2) is 4.99. The molecule has 0 radical (unpaired) electrons. The molecule has 8 heteroatoms. The normalized spacial score (nSPS) is 30.2. The van der Waals surface area contributed by atoms with Gasteiger partial charge in [0.1, 0.15) is 17.7 Å². The number of hydrogen-bond acceptors (Lipinski definition) is 7. The predicted octanol–water partition coefficient (Wildman–Crippen LogP) is -2.32. The first kappa shape index (κ1) is 13.5. The SMILES string of the molecule is N#Cc1cc(C2NC(CO)C(O)C2O)c(O)[nH]c1=O. The highest BCUT2D eigenvalue weighted by molar-refractivity contribution is 5.39. The minimum absolute atomic E-state index is 0.0821. The molecule has 1 aliphatic rings. The van der Waals surface area contributed by atoms with Gasteiger partial charge < -0.3 is 25.7 Å². The van der Waals surface area contributed by atoms with Crippen molar-refractivity contribution < 1.29 is 20.4 Å². The van der Waals surface area contributed by atoms with Gasteiger partial charge in [0.25, 0.3) is 5.56 Å². The minimum atomic E-state index is -1.28. The molecule has 1 saturated heterocycles. The van der Waals surface area contributed by atoms with Crippen molar-refractivity contribution >= 4 is 0 Å². The van der Waals surface area contributed by atoms with E-state index < -0.39 is 42.3 Å². The van der Waals surface area contributed by atoms with Crippen LogP contribution >= 0.6 is 0 Å². The zero-order valence-electron chi connectivity index (χ0n) is 9.74. The van der Waals surface area contributed by atoms with E-state index in [1.165, 1.54) is 0 Å². The van der Waals surface area contributed by atoms with Gasteiger partial charge in [-0.3, -0.25) is 9.78 Å². The average molecular weight is 267 g/mol. The molecule has 0 spiro atoms. The summed E-state index contributed by atoms with van der Waals surface area (Å²) in [6, 6.07) is 1.16. The van der Waals surface area contributed by atoms with E-state index in [9.17, 15) is 20.1 Å². The van der Waals surface area contributed by atoms with E-state index >= 15 is 0 Å². The third-order valence-corrected chi connectivity index (χ3v) is 3.20. The molecular weight excluding hydrogens is 254 g/mol. The highest BCUT2D eigenvalue weighted by Crippen LogP contribution is 2.31. The van der Waals surface area contributed by atoms with E-state index in [4.69, 9.17) is 10.4 Å². The number of aliphatic hydroxyl groups is 3. The van der Waals surface area contributed by atoms with Gasteiger partial charge >= 0.3 is 0 Å². The van der Waals surface area contributed by atoms with Gasteiger partial charge in [0.05, 0.1) is 24.8 Å². The van der Waals surface area contributed by atoms with Crippen LogP contribution in [0.15, 0.2) is 10.9 Å². The van der Waals surface area contributed by atoms with E-state index in [-0.39, 0.29) is 11.1 Å². The van der Waals surface area contributed by atoms with Crippen LogP contribution in [-0.2, 0) is 0 Å². The molecule has 0 aliphatic carbocycles. The van der Waals surface area contributed by atoms with Crippen molar-refractivity contribution in [1.82, 2.24) is 10.3 Å². The zero-order valence-corrected chi connectivity index (χ0v) is 9.74. The zero-order chi connectivity index (χ0) is 14.2. The Kier molecular flexibility index (Phi) is 3.55. The number of pyridine rings is 1. The average Bonchev–Trinajstić information content (AvgIpc) is 2.67. The molecule has 19 heavy (non-hydrogen) atoms. The molecule has 8 nitrogen and oxygen atoms in total. The van der Waals surface area contributed by atoms with Crippen molar-refractivity contribution in [1.29, 1.82) is 5.26 Å². The van der Waals surface area contributed by atoms with Crippen LogP contribution in [0.2, 0.25) is 0 Å².